The third-order valence-corrected chi connectivity index (χ3v) is 5.16. The summed E-state index contributed by atoms with van der Waals surface area (Å²) in [5.41, 5.74) is 0.716. The Morgan fingerprint density at radius 1 is 1.05 bits per heavy atom. The molecule has 0 unspecified atom stereocenters. The Balaban J connectivity index is 2.37. The minimum atomic E-state index is -3.30. The van der Waals surface area contributed by atoms with E-state index in [1.165, 1.54) is 14.2 Å². The molecule has 0 N–H and O–H groups in total. The van der Waals surface area contributed by atoms with Gasteiger partial charge in [0.05, 0.1) is 14.2 Å². The van der Waals surface area contributed by atoms with Gasteiger partial charge in [-0.05, 0) is 0 Å². The van der Waals surface area contributed by atoms with Crippen LogP contribution in [0.5, 0.6) is 0 Å². The van der Waals surface area contributed by atoms with E-state index in [4.69, 9.17) is 9.05 Å². The Kier molecular flexibility index (Phi) is 5.35. The summed E-state index contributed by atoms with van der Waals surface area (Å²) in [6.45, 7) is 0. The van der Waals surface area contributed by atoms with E-state index in [2.05, 4.69) is 5.82 Å². The molecule has 0 aromatic heterocycles. The zero-order valence-electron chi connectivity index (χ0n) is 11.3. The van der Waals surface area contributed by atoms with E-state index >= 15 is 0 Å². The summed E-state index contributed by atoms with van der Waals surface area (Å²) in [5.74, 6) is 2.83. The molecule has 3 nitrogen and oxygen atoms in total. The van der Waals surface area contributed by atoms with Crippen LogP contribution in [0, 0.1) is 5.82 Å². The predicted octanol–water partition coefficient (Wildman–Crippen LogP) is 2.53. The molecule has 0 atom stereocenters. The van der Waals surface area contributed by atoms with E-state index in [0.717, 1.165) is 9.76 Å². The lowest BCUT2D eigenvalue weighted by Gasteiger charge is -2.24. The van der Waals surface area contributed by atoms with Gasteiger partial charge < -0.3 is 4.89 Å². The summed E-state index contributed by atoms with van der Waals surface area (Å²) in [6.07, 6.45) is 7.60. The second-order valence-corrected chi connectivity index (χ2v) is 6.95. The molecule has 0 radical (unpaired) electrons. The number of allylic oxidation sites excluding steroid dienone is 5. The second kappa shape index (κ2) is 7.02. The van der Waals surface area contributed by atoms with E-state index in [0.29, 0.717) is 5.57 Å². The van der Waals surface area contributed by atoms with Gasteiger partial charge in [-0.3, -0.25) is 0 Å². The van der Waals surface area contributed by atoms with Gasteiger partial charge in [-0.15, -0.1) is 6.08 Å². The average molecular weight is 306 g/mol. The molecule has 1 aliphatic rings. The molecule has 0 saturated carbocycles. The number of benzene rings is 1. The summed E-state index contributed by atoms with van der Waals surface area (Å²) in [5, 5.41) is 0. The minimum absolute atomic E-state index is 0.716. The smallest absolute Gasteiger partial charge is 0.217 e. The lowest BCUT2D eigenvalue weighted by Crippen LogP contribution is -2.13. The molecule has 0 fully saturated rings. The molecule has 2 rings (SSSR count). The van der Waals surface area contributed by atoms with Crippen LogP contribution >= 0.6 is 7.94 Å². The van der Waals surface area contributed by atoms with Gasteiger partial charge in [0.1, 0.15) is 4.86 Å². The van der Waals surface area contributed by atoms with Crippen LogP contribution in [-0.4, -0.2) is 19.1 Å². The lowest BCUT2D eigenvalue weighted by atomic mass is 10.1. The third kappa shape index (κ3) is 3.92. The quantitative estimate of drug-likeness (QED) is 0.282. The first-order chi connectivity index (χ1) is 9.67. The van der Waals surface area contributed by atoms with E-state index in [9.17, 15) is 4.89 Å². The molecular weight excluding hydrogens is 291 g/mol. The van der Waals surface area contributed by atoms with Gasteiger partial charge in [0, 0.05) is 17.9 Å². The van der Waals surface area contributed by atoms with E-state index in [1.807, 2.05) is 54.6 Å². The lowest BCUT2D eigenvalue weighted by molar-refractivity contribution is -0.210. The van der Waals surface area contributed by atoms with Crippen LogP contribution in [0.2, 0.25) is 0 Å². The molecule has 1 aromatic carbocycles. The van der Waals surface area contributed by atoms with Crippen LogP contribution in [0.4, 0.5) is 0 Å². The van der Waals surface area contributed by atoms with Crippen LogP contribution in [0.15, 0.2) is 65.1 Å². The van der Waals surface area contributed by atoms with Crippen molar-refractivity contribution in [1.82, 2.24) is 0 Å². The van der Waals surface area contributed by atoms with E-state index < -0.39 is 7.94 Å². The SMILES string of the molecule is CO[P+]([O-])([C-]=C1C=CC=CC1=[S+]c1ccccc1)OC. The molecule has 0 amide bonds. The van der Waals surface area contributed by atoms with Gasteiger partial charge in [-0.2, -0.15) is 6.08 Å². The monoisotopic (exact) mass is 306 g/mol. The third-order valence-electron chi connectivity index (χ3n) is 2.60. The normalized spacial score (nSPS) is 18.9. The zero-order valence-corrected chi connectivity index (χ0v) is 13.0. The molecule has 20 heavy (non-hydrogen) atoms. The van der Waals surface area contributed by atoms with Crippen molar-refractivity contribution < 1.29 is 13.9 Å². The Hall–Kier alpha value is -1.16. The fourth-order valence-corrected chi connectivity index (χ4v) is 3.40. The molecule has 104 valence electrons. The van der Waals surface area contributed by atoms with Crippen LogP contribution in [0.1, 0.15) is 0 Å². The van der Waals surface area contributed by atoms with Crippen molar-refractivity contribution in [2.75, 3.05) is 14.2 Å². The average Bonchev–Trinajstić information content (AvgIpc) is 2.50. The van der Waals surface area contributed by atoms with Crippen molar-refractivity contribution in [2.24, 2.45) is 0 Å². The summed E-state index contributed by atoms with van der Waals surface area (Å²) < 4.78 is 9.82. The fraction of sp³-hybridized carbons (Fsp3) is 0.133. The minimum Gasteiger partial charge on any atom is -0.637 e. The maximum atomic E-state index is 12.2. The molecular formula is C15H15O3PS. The molecule has 5 heteroatoms. The van der Waals surface area contributed by atoms with E-state index in [1.54, 1.807) is 11.4 Å². The standard InChI is InChI=1S/C15H15O3PS/c1-17-19(16,18-2)12-13-8-6-7-11-15(13)20-14-9-4-3-5-10-14/h3-11H,1-2H3. The van der Waals surface area contributed by atoms with Crippen molar-refractivity contribution in [3.8, 4) is 0 Å². The zero-order chi connectivity index (χ0) is 14.4. The van der Waals surface area contributed by atoms with Gasteiger partial charge in [0.25, 0.3) is 0 Å². The van der Waals surface area contributed by atoms with Crippen molar-refractivity contribution in [2.45, 2.75) is 4.90 Å². The first kappa shape index (κ1) is 15.2. The largest absolute Gasteiger partial charge is 0.637 e. The number of rotatable bonds is 4. The first-order valence-electron chi connectivity index (χ1n) is 5.98. The van der Waals surface area contributed by atoms with E-state index in [-0.39, 0.29) is 0 Å². The van der Waals surface area contributed by atoms with Crippen LogP contribution in [-0.2, 0) is 20.4 Å². The molecule has 0 spiro atoms. The summed E-state index contributed by atoms with van der Waals surface area (Å²) in [7, 11) is -0.595. The Morgan fingerprint density at radius 2 is 1.70 bits per heavy atom. The maximum absolute atomic E-state index is 12.2. The van der Waals surface area contributed by atoms with Gasteiger partial charge in [-0.25, -0.2) is 9.05 Å². The Morgan fingerprint density at radius 3 is 2.35 bits per heavy atom. The van der Waals surface area contributed by atoms with Crippen molar-refractivity contribution in [3.63, 3.8) is 0 Å². The highest BCUT2D eigenvalue weighted by atomic mass is 32.1. The fourth-order valence-electron chi connectivity index (χ4n) is 1.58. The molecule has 0 heterocycles. The predicted molar refractivity (Wildman–Crippen MR) is 83.1 cm³/mol. The summed E-state index contributed by atoms with van der Waals surface area (Å²) >= 11 is 1.58. The molecule has 0 aliphatic heterocycles. The topological polar surface area (TPSA) is 41.5 Å². The van der Waals surface area contributed by atoms with Gasteiger partial charge >= 0.3 is 0 Å². The van der Waals surface area contributed by atoms with Gasteiger partial charge in [0.2, 0.25) is 12.8 Å². The highest BCUT2D eigenvalue weighted by molar-refractivity contribution is 7.79. The Labute approximate surface area is 123 Å². The molecule has 1 aromatic rings. The van der Waals surface area contributed by atoms with Gasteiger partial charge in [-0.1, -0.05) is 35.9 Å². The van der Waals surface area contributed by atoms with Crippen LogP contribution < -0.4 is 4.89 Å². The Bertz CT molecular complexity index is 572. The van der Waals surface area contributed by atoms with Gasteiger partial charge in [0.15, 0.2) is 11.4 Å². The van der Waals surface area contributed by atoms with Crippen molar-refractivity contribution >= 4 is 24.2 Å². The molecule has 1 aliphatic carbocycles. The van der Waals surface area contributed by atoms with Crippen LogP contribution in [0.25, 0.3) is 0 Å². The first-order valence-corrected chi connectivity index (χ1v) is 8.34. The number of hydrogen-bond acceptors (Lipinski definition) is 3. The molecule has 0 bridgehead atoms. The number of hydrogen-bond donors (Lipinski definition) is 0. The second-order valence-electron chi connectivity index (χ2n) is 3.89. The highest BCUT2D eigenvalue weighted by Crippen LogP contribution is 2.52. The summed E-state index contributed by atoms with van der Waals surface area (Å²) in [6, 6.07) is 9.97. The van der Waals surface area contributed by atoms with Crippen molar-refractivity contribution in [3.05, 3.63) is 66.0 Å². The summed E-state index contributed by atoms with van der Waals surface area (Å²) in [4.78, 5) is 14.2. The van der Waals surface area contributed by atoms with Crippen molar-refractivity contribution in [1.29, 1.82) is 0 Å². The highest BCUT2D eigenvalue weighted by Gasteiger charge is 2.22. The molecule has 0 saturated heterocycles. The maximum Gasteiger partial charge on any atom is 0.217 e. The van der Waals surface area contributed by atoms with Crippen LogP contribution in [0.3, 0.4) is 0 Å².